The molecule has 0 aliphatic heterocycles. The number of carbonyl (C=O) groups excluding carboxylic acids is 2. The van der Waals surface area contributed by atoms with Gasteiger partial charge in [-0.25, -0.2) is 0 Å². The monoisotopic (exact) mass is 448 g/mol. The minimum Gasteiger partial charge on any atom is -0.343 e. The zero-order chi connectivity index (χ0) is 16.4. The summed E-state index contributed by atoms with van der Waals surface area (Å²) in [7, 11) is 3.32. The van der Waals surface area contributed by atoms with E-state index in [9.17, 15) is 9.59 Å². The van der Waals surface area contributed by atoms with E-state index in [-0.39, 0.29) is 11.8 Å². The number of anilines is 1. The standard InChI is InChI=1S/C13H14Br2N4O2S/c1-4-19-10(13(21)18(2)3)8(6-16-19)17-12(20)9-5-7(14)11(15)22-9/h5-6H,4H2,1-3H3,(H,17,20). The SMILES string of the molecule is CCn1ncc(NC(=O)c2cc(Br)c(Br)s2)c1C(=O)N(C)C. The molecule has 0 saturated heterocycles. The molecule has 2 amide bonds. The van der Waals surface area contributed by atoms with Crippen LogP contribution in [0.15, 0.2) is 20.5 Å². The molecule has 0 unspecified atom stereocenters. The molecule has 0 radical (unpaired) electrons. The van der Waals surface area contributed by atoms with Crippen molar-refractivity contribution in [2.45, 2.75) is 13.5 Å². The molecule has 0 aliphatic rings. The summed E-state index contributed by atoms with van der Waals surface area (Å²) in [6.45, 7) is 2.43. The molecule has 0 saturated carbocycles. The predicted octanol–water partition coefficient (Wildman–Crippen LogP) is 3.44. The smallest absolute Gasteiger partial charge is 0.273 e. The van der Waals surface area contributed by atoms with Crippen LogP contribution in [0.5, 0.6) is 0 Å². The van der Waals surface area contributed by atoms with E-state index in [1.807, 2.05) is 6.92 Å². The number of thiophene rings is 1. The van der Waals surface area contributed by atoms with Crippen molar-refractivity contribution in [3.63, 3.8) is 0 Å². The summed E-state index contributed by atoms with van der Waals surface area (Å²) in [5.41, 5.74) is 0.779. The van der Waals surface area contributed by atoms with Crippen LogP contribution in [0.25, 0.3) is 0 Å². The van der Waals surface area contributed by atoms with Gasteiger partial charge in [0.15, 0.2) is 0 Å². The van der Waals surface area contributed by atoms with Gasteiger partial charge in [0.2, 0.25) is 0 Å². The molecule has 0 aromatic carbocycles. The zero-order valence-electron chi connectivity index (χ0n) is 12.2. The Bertz CT molecular complexity index is 704. The maximum atomic E-state index is 12.3. The molecule has 22 heavy (non-hydrogen) atoms. The van der Waals surface area contributed by atoms with E-state index in [1.54, 1.807) is 24.8 Å². The summed E-state index contributed by atoms with van der Waals surface area (Å²) in [6, 6.07) is 1.72. The second-order valence-electron chi connectivity index (χ2n) is 4.61. The summed E-state index contributed by atoms with van der Waals surface area (Å²) >= 11 is 8.01. The van der Waals surface area contributed by atoms with Crippen molar-refractivity contribution in [1.82, 2.24) is 14.7 Å². The first kappa shape index (κ1) is 17.2. The van der Waals surface area contributed by atoms with Gasteiger partial charge < -0.3 is 10.2 Å². The van der Waals surface area contributed by atoms with Crippen LogP contribution in [0.4, 0.5) is 5.69 Å². The number of hydrogen-bond donors (Lipinski definition) is 1. The van der Waals surface area contributed by atoms with Gasteiger partial charge in [0.1, 0.15) is 5.69 Å². The molecule has 0 bridgehead atoms. The van der Waals surface area contributed by atoms with Gasteiger partial charge in [-0.2, -0.15) is 5.10 Å². The van der Waals surface area contributed by atoms with E-state index in [1.165, 1.54) is 22.4 Å². The minimum atomic E-state index is -0.278. The topological polar surface area (TPSA) is 67.2 Å². The molecular weight excluding hydrogens is 436 g/mol. The maximum Gasteiger partial charge on any atom is 0.273 e. The average Bonchev–Trinajstić information content (AvgIpc) is 3.02. The summed E-state index contributed by atoms with van der Waals surface area (Å²) in [5.74, 6) is -0.483. The van der Waals surface area contributed by atoms with Crippen LogP contribution in [0, 0.1) is 0 Å². The number of amides is 2. The first-order chi connectivity index (χ1) is 10.3. The molecule has 0 aliphatic carbocycles. The Kier molecular flexibility index (Phi) is 5.41. The van der Waals surface area contributed by atoms with E-state index < -0.39 is 0 Å². The van der Waals surface area contributed by atoms with Crippen LogP contribution in [-0.2, 0) is 6.54 Å². The largest absolute Gasteiger partial charge is 0.343 e. The van der Waals surface area contributed by atoms with E-state index in [2.05, 4.69) is 42.3 Å². The lowest BCUT2D eigenvalue weighted by molar-refractivity contribution is 0.0816. The van der Waals surface area contributed by atoms with Crippen molar-refractivity contribution in [1.29, 1.82) is 0 Å². The summed E-state index contributed by atoms with van der Waals surface area (Å²) in [5, 5.41) is 6.90. The van der Waals surface area contributed by atoms with Gasteiger partial charge in [-0.1, -0.05) is 0 Å². The van der Waals surface area contributed by atoms with Gasteiger partial charge in [0.25, 0.3) is 11.8 Å². The molecule has 9 heteroatoms. The fourth-order valence-corrected chi connectivity index (χ4v) is 3.73. The lowest BCUT2D eigenvalue weighted by Crippen LogP contribution is -2.26. The Hall–Kier alpha value is -1.19. The van der Waals surface area contributed by atoms with E-state index in [4.69, 9.17) is 0 Å². The highest BCUT2D eigenvalue weighted by Crippen LogP contribution is 2.32. The van der Waals surface area contributed by atoms with Gasteiger partial charge >= 0.3 is 0 Å². The van der Waals surface area contributed by atoms with Crippen LogP contribution < -0.4 is 5.32 Å². The molecule has 0 atom stereocenters. The van der Waals surface area contributed by atoms with Gasteiger partial charge in [0, 0.05) is 25.1 Å². The fourth-order valence-electron chi connectivity index (χ4n) is 1.80. The Morgan fingerprint density at radius 1 is 1.41 bits per heavy atom. The minimum absolute atomic E-state index is 0.205. The summed E-state index contributed by atoms with van der Waals surface area (Å²) < 4.78 is 3.22. The second kappa shape index (κ2) is 6.93. The van der Waals surface area contributed by atoms with Crippen molar-refractivity contribution in [2.24, 2.45) is 0 Å². The molecule has 2 rings (SSSR count). The van der Waals surface area contributed by atoms with Gasteiger partial charge in [-0.05, 0) is 44.8 Å². The lowest BCUT2D eigenvalue weighted by Gasteiger charge is -2.13. The third kappa shape index (κ3) is 3.41. The van der Waals surface area contributed by atoms with Gasteiger partial charge in [0.05, 0.1) is 20.5 Å². The van der Waals surface area contributed by atoms with Crippen molar-refractivity contribution < 1.29 is 9.59 Å². The molecule has 0 fully saturated rings. The molecule has 118 valence electrons. The molecule has 2 heterocycles. The van der Waals surface area contributed by atoms with Crippen LogP contribution >= 0.6 is 43.2 Å². The average molecular weight is 450 g/mol. The van der Waals surface area contributed by atoms with E-state index >= 15 is 0 Å². The van der Waals surface area contributed by atoms with Gasteiger partial charge in [-0.15, -0.1) is 11.3 Å². The highest BCUT2D eigenvalue weighted by molar-refractivity contribution is 9.13. The zero-order valence-corrected chi connectivity index (χ0v) is 16.2. The normalized spacial score (nSPS) is 10.6. The third-order valence-electron chi connectivity index (χ3n) is 2.86. The van der Waals surface area contributed by atoms with Crippen molar-refractivity contribution >= 4 is 60.7 Å². The Morgan fingerprint density at radius 2 is 2.09 bits per heavy atom. The van der Waals surface area contributed by atoms with Crippen molar-refractivity contribution in [3.05, 3.63) is 31.1 Å². The number of halogens is 2. The van der Waals surface area contributed by atoms with Crippen molar-refractivity contribution in [2.75, 3.05) is 19.4 Å². The summed E-state index contributed by atoms with van der Waals surface area (Å²) in [4.78, 5) is 26.6. The number of hydrogen-bond acceptors (Lipinski definition) is 4. The number of nitrogens with zero attached hydrogens (tertiary/aromatic N) is 3. The first-order valence-electron chi connectivity index (χ1n) is 6.38. The van der Waals surface area contributed by atoms with Crippen LogP contribution in [0.3, 0.4) is 0 Å². The molecule has 0 spiro atoms. The number of nitrogens with one attached hydrogen (secondary N) is 1. The molecular formula is C13H14Br2N4O2S. The number of carbonyl (C=O) groups is 2. The predicted molar refractivity (Wildman–Crippen MR) is 93.6 cm³/mol. The molecule has 1 N–H and O–H groups in total. The molecule has 6 nitrogen and oxygen atoms in total. The third-order valence-corrected chi connectivity index (χ3v) is 6.12. The Morgan fingerprint density at radius 3 is 2.59 bits per heavy atom. The quantitative estimate of drug-likeness (QED) is 0.777. The van der Waals surface area contributed by atoms with E-state index in [0.717, 1.165) is 8.26 Å². The van der Waals surface area contributed by atoms with Gasteiger partial charge in [-0.3, -0.25) is 14.3 Å². The summed E-state index contributed by atoms with van der Waals surface area (Å²) in [6.07, 6.45) is 1.50. The Labute approximate surface area is 148 Å². The highest BCUT2D eigenvalue weighted by atomic mass is 79.9. The van der Waals surface area contributed by atoms with Crippen molar-refractivity contribution in [3.8, 4) is 0 Å². The maximum absolute atomic E-state index is 12.3. The Balaban J connectivity index is 2.31. The van der Waals surface area contributed by atoms with Crippen LogP contribution in [0.1, 0.15) is 27.1 Å². The number of aromatic nitrogens is 2. The first-order valence-corrected chi connectivity index (χ1v) is 8.79. The highest BCUT2D eigenvalue weighted by Gasteiger charge is 2.22. The fraction of sp³-hybridized carbons (Fsp3) is 0.308. The molecule has 2 aromatic rings. The molecule has 2 aromatic heterocycles. The van der Waals surface area contributed by atoms with Crippen LogP contribution in [-0.4, -0.2) is 40.6 Å². The van der Waals surface area contributed by atoms with Crippen LogP contribution in [0.2, 0.25) is 0 Å². The lowest BCUT2D eigenvalue weighted by atomic mass is 10.3. The number of rotatable bonds is 4. The number of aryl methyl sites for hydroxylation is 1. The van der Waals surface area contributed by atoms with E-state index in [0.29, 0.717) is 22.8 Å². The second-order valence-corrected chi connectivity index (χ2v) is 7.83.